The molecule has 0 saturated carbocycles. The molecular weight excluding hydrogens is 468 g/mol. The first-order valence-corrected chi connectivity index (χ1v) is 12.5. The molecular formula is C29H28N4O4. The van der Waals surface area contributed by atoms with E-state index in [-0.39, 0.29) is 23.3 Å². The maximum absolute atomic E-state index is 12.7. The van der Waals surface area contributed by atoms with Crippen LogP contribution in [-0.2, 0) is 6.42 Å². The van der Waals surface area contributed by atoms with Crippen molar-refractivity contribution in [1.82, 2.24) is 19.6 Å². The van der Waals surface area contributed by atoms with E-state index in [0.717, 1.165) is 32.9 Å². The van der Waals surface area contributed by atoms with Gasteiger partial charge in [0, 0.05) is 22.9 Å². The summed E-state index contributed by atoms with van der Waals surface area (Å²) in [5.41, 5.74) is 5.44. The second-order valence-electron chi connectivity index (χ2n) is 10.3. The first-order chi connectivity index (χ1) is 17.6. The van der Waals surface area contributed by atoms with Crippen molar-refractivity contribution in [3.05, 3.63) is 79.8 Å². The van der Waals surface area contributed by atoms with Crippen LogP contribution in [0.4, 0.5) is 0 Å². The molecule has 0 N–H and O–H groups in total. The molecule has 0 saturated heterocycles. The van der Waals surface area contributed by atoms with Crippen molar-refractivity contribution in [1.29, 1.82) is 0 Å². The second kappa shape index (κ2) is 8.16. The van der Waals surface area contributed by atoms with Crippen molar-refractivity contribution >= 4 is 43.7 Å². The molecule has 0 unspecified atom stereocenters. The van der Waals surface area contributed by atoms with Crippen LogP contribution < -0.4 is 11.3 Å². The van der Waals surface area contributed by atoms with Crippen molar-refractivity contribution in [3.63, 3.8) is 0 Å². The van der Waals surface area contributed by atoms with Gasteiger partial charge < -0.3 is 8.83 Å². The summed E-state index contributed by atoms with van der Waals surface area (Å²) in [5.74, 6) is 0. The highest BCUT2D eigenvalue weighted by Gasteiger charge is 2.20. The third kappa shape index (κ3) is 3.50. The summed E-state index contributed by atoms with van der Waals surface area (Å²) >= 11 is 0. The molecule has 0 atom stereocenters. The lowest BCUT2D eigenvalue weighted by atomic mass is 10.0. The minimum atomic E-state index is -0.364. The van der Waals surface area contributed by atoms with E-state index in [0.29, 0.717) is 39.7 Å². The molecule has 6 aromatic rings. The Morgan fingerprint density at radius 2 is 1.11 bits per heavy atom. The van der Waals surface area contributed by atoms with Gasteiger partial charge in [-0.15, -0.1) is 0 Å². The highest BCUT2D eigenvalue weighted by molar-refractivity contribution is 6.04. The molecule has 0 radical (unpaired) electrons. The summed E-state index contributed by atoms with van der Waals surface area (Å²) in [6.45, 7) is 11.9. The third-order valence-electron chi connectivity index (χ3n) is 6.97. The quantitative estimate of drug-likeness (QED) is 0.279. The van der Waals surface area contributed by atoms with Gasteiger partial charge in [-0.25, -0.2) is 9.59 Å². The topological polar surface area (TPSA) is 96.1 Å². The van der Waals surface area contributed by atoms with Gasteiger partial charge in [0.1, 0.15) is 21.9 Å². The molecule has 37 heavy (non-hydrogen) atoms. The fourth-order valence-corrected chi connectivity index (χ4v) is 5.31. The number of rotatable bonds is 4. The van der Waals surface area contributed by atoms with Gasteiger partial charge in [-0.3, -0.25) is 9.36 Å². The van der Waals surface area contributed by atoms with Crippen LogP contribution in [-0.4, -0.2) is 19.6 Å². The molecule has 6 rings (SSSR count). The number of hydrogen-bond donors (Lipinski definition) is 0. The van der Waals surface area contributed by atoms with Crippen LogP contribution >= 0.6 is 0 Å². The van der Waals surface area contributed by atoms with Gasteiger partial charge in [0.05, 0.1) is 22.4 Å². The predicted octanol–water partition coefficient (Wildman–Crippen LogP) is 5.97. The summed E-state index contributed by atoms with van der Waals surface area (Å²) in [4.78, 5) is 25.4. The molecule has 2 aromatic carbocycles. The Labute approximate surface area is 212 Å². The van der Waals surface area contributed by atoms with Gasteiger partial charge in [-0.1, -0.05) is 12.1 Å². The molecule has 0 fully saturated rings. The van der Waals surface area contributed by atoms with Crippen LogP contribution in [0.1, 0.15) is 62.3 Å². The zero-order valence-corrected chi connectivity index (χ0v) is 21.7. The van der Waals surface area contributed by atoms with Crippen molar-refractivity contribution in [2.24, 2.45) is 0 Å². The monoisotopic (exact) mass is 496 g/mol. The van der Waals surface area contributed by atoms with Crippen molar-refractivity contribution in [2.45, 2.75) is 60.0 Å². The largest absolute Gasteiger partial charge is 0.422 e. The highest BCUT2D eigenvalue weighted by atomic mass is 16.4. The van der Waals surface area contributed by atoms with Crippen LogP contribution in [0.3, 0.4) is 0 Å². The SMILES string of the molecule is Cc1nn(C(C)C)c2c1c(=O)oc1ccc(Cc3ccc4oc(=O)c5c(C)nn(C(C)C)c5c4c3)cc12. The highest BCUT2D eigenvalue weighted by Crippen LogP contribution is 2.31. The molecule has 0 spiro atoms. The predicted molar refractivity (Wildman–Crippen MR) is 145 cm³/mol. The fourth-order valence-electron chi connectivity index (χ4n) is 5.31. The summed E-state index contributed by atoms with van der Waals surface area (Å²) in [6, 6.07) is 12.0. The molecule has 8 nitrogen and oxygen atoms in total. The Balaban J connectivity index is 1.54. The van der Waals surface area contributed by atoms with E-state index in [4.69, 9.17) is 8.83 Å². The Hall–Kier alpha value is -4.20. The van der Waals surface area contributed by atoms with E-state index in [1.165, 1.54) is 0 Å². The number of benzene rings is 2. The van der Waals surface area contributed by atoms with E-state index in [1.807, 2.05) is 75.2 Å². The number of fused-ring (bicyclic) bond motifs is 6. The number of nitrogens with zero attached hydrogens (tertiary/aromatic N) is 4. The smallest absolute Gasteiger partial charge is 0.347 e. The summed E-state index contributed by atoms with van der Waals surface area (Å²) in [6.07, 6.45) is 0.650. The van der Waals surface area contributed by atoms with Gasteiger partial charge in [0.25, 0.3) is 0 Å². The molecule has 0 bridgehead atoms. The van der Waals surface area contributed by atoms with Gasteiger partial charge in [0.15, 0.2) is 0 Å². The number of hydrogen-bond acceptors (Lipinski definition) is 6. The second-order valence-corrected chi connectivity index (χ2v) is 10.3. The van der Waals surface area contributed by atoms with Crippen molar-refractivity contribution in [2.75, 3.05) is 0 Å². The molecule has 8 heteroatoms. The van der Waals surface area contributed by atoms with E-state index < -0.39 is 0 Å². The van der Waals surface area contributed by atoms with Crippen molar-refractivity contribution in [3.8, 4) is 0 Å². The minimum absolute atomic E-state index is 0.0941. The van der Waals surface area contributed by atoms with Gasteiger partial charge in [-0.05, 0) is 83.4 Å². The summed E-state index contributed by atoms with van der Waals surface area (Å²) < 4.78 is 15.1. The first-order valence-electron chi connectivity index (χ1n) is 12.5. The lowest BCUT2D eigenvalue weighted by Crippen LogP contribution is -2.05. The van der Waals surface area contributed by atoms with Crippen LogP contribution in [0.5, 0.6) is 0 Å². The van der Waals surface area contributed by atoms with Gasteiger partial charge >= 0.3 is 11.3 Å². The van der Waals surface area contributed by atoms with Crippen LogP contribution in [0.2, 0.25) is 0 Å². The number of aromatic nitrogens is 4. The molecule has 188 valence electrons. The minimum Gasteiger partial charge on any atom is -0.422 e. The fraction of sp³-hybridized carbons (Fsp3) is 0.310. The van der Waals surface area contributed by atoms with Gasteiger partial charge in [0.2, 0.25) is 0 Å². The van der Waals surface area contributed by atoms with E-state index in [1.54, 1.807) is 0 Å². The van der Waals surface area contributed by atoms with Crippen LogP contribution in [0, 0.1) is 13.8 Å². The lowest BCUT2D eigenvalue weighted by molar-refractivity contribution is 0.546. The van der Waals surface area contributed by atoms with Crippen molar-refractivity contribution < 1.29 is 8.83 Å². The Morgan fingerprint density at radius 1 is 0.703 bits per heavy atom. The molecule has 0 amide bonds. The van der Waals surface area contributed by atoms with E-state index in [9.17, 15) is 9.59 Å². The zero-order valence-electron chi connectivity index (χ0n) is 21.7. The standard InChI is InChI=1S/C29H28N4O4/c1-14(2)32-26-20-12-18(7-9-22(20)36-28(34)24(26)16(5)30-32)11-19-8-10-23-21(13-19)27-25(29(35)37-23)17(6)31-33(27)15(3)4/h7-10,12-15H,11H2,1-6H3. The summed E-state index contributed by atoms with van der Waals surface area (Å²) in [5, 5.41) is 12.0. The Bertz CT molecular complexity index is 1840. The first kappa shape index (κ1) is 23.2. The average molecular weight is 497 g/mol. The molecule has 0 aliphatic rings. The third-order valence-corrected chi connectivity index (χ3v) is 6.97. The van der Waals surface area contributed by atoms with Gasteiger partial charge in [-0.2, -0.15) is 10.2 Å². The number of aryl methyl sites for hydroxylation is 2. The maximum atomic E-state index is 12.7. The Kier molecular flexibility index (Phi) is 5.12. The molecule has 0 aliphatic carbocycles. The maximum Gasteiger partial charge on any atom is 0.347 e. The summed E-state index contributed by atoms with van der Waals surface area (Å²) in [7, 11) is 0. The van der Waals surface area contributed by atoms with E-state index in [2.05, 4.69) is 22.3 Å². The molecule has 0 aliphatic heterocycles. The van der Waals surface area contributed by atoms with Crippen LogP contribution in [0.25, 0.3) is 43.7 Å². The molecule has 4 heterocycles. The Morgan fingerprint density at radius 3 is 1.49 bits per heavy atom. The van der Waals surface area contributed by atoms with E-state index >= 15 is 0 Å². The van der Waals surface area contributed by atoms with Crippen LogP contribution in [0.15, 0.2) is 54.8 Å². The lowest BCUT2D eigenvalue weighted by Gasteiger charge is -2.11. The average Bonchev–Trinajstić information content (AvgIpc) is 3.39. The normalized spacial score (nSPS) is 12.3. The molecule has 4 aromatic heterocycles. The zero-order chi connectivity index (χ0) is 26.2.